The van der Waals surface area contributed by atoms with Gasteiger partial charge in [0, 0.05) is 31.2 Å². The van der Waals surface area contributed by atoms with Gasteiger partial charge in [0.25, 0.3) is 0 Å². The first-order valence-corrected chi connectivity index (χ1v) is 5.88. The van der Waals surface area contributed by atoms with Gasteiger partial charge in [-0.1, -0.05) is 0 Å². The molecule has 0 aliphatic rings. The van der Waals surface area contributed by atoms with Crippen molar-refractivity contribution in [2.75, 3.05) is 7.11 Å². The van der Waals surface area contributed by atoms with Crippen LogP contribution < -0.4 is 0 Å². The Morgan fingerprint density at radius 1 is 1.40 bits per heavy atom. The second-order valence-electron chi connectivity index (χ2n) is 4.30. The molecule has 3 rings (SSSR count). The van der Waals surface area contributed by atoms with Gasteiger partial charge in [0.15, 0.2) is 0 Å². The number of carbonyl (C=O) groups is 1. The summed E-state index contributed by atoms with van der Waals surface area (Å²) in [4.78, 5) is 15.9. The number of aromatic nitrogens is 4. The van der Waals surface area contributed by atoms with Crippen LogP contribution in [0.1, 0.15) is 10.4 Å². The van der Waals surface area contributed by atoms with E-state index in [0.717, 1.165) is 0 Å². The van der Waals surface area contributed by atoms with Crippen LogP contribution in [0.4, 0.5) is 0 Å². The van der Waals surface area contributed by atoms with Crippen LogP contribution in [0.2, 0.25) is 0 Å². The number of fused-ring (bicyclic) bond motifs is 1. The van der Waals surface area contributed by atoms with Gasteiger partial charge in [-0.3, -0.25) is 0 Å². The topological polar surface area (TPSA) is 81.6 Å². The van der Waals surface area contributed by atoms with Gasteiger partial charge in [-0.2, -0.15) is 5.10 Å². The summed E-state index contributed by atoms with van der Waals surface area (Å²) in [6.45, 7) is 0. The highest BCUT2D eigenvalue weighted by atomic mass is 16.5. The summed E-state index contributed by atoms with van der Waals surface area (Å²) in [5.74, 6) is -0.442. The van der Waals surface area contributed by atoms with Gasteiger partial charge in [0.2, 0.25) is 5.88 Å². The van der Waals surface area contributed by atoms with Crippen molar-refractivity contribution in [1.82, 2.24) is 19.2 Å². The maximum Gasteiger partial charge on any atom is 0.339 e. The van der Waals surface area contributed by atoms with Gasteiger partial charge >= 0.3 is 5.97 Å². The molecule has 0 bridgehead atoms. The molecule has 0 atom stereocenters. The van der Waals surface area contributed by atoms with E-state index in [9.17, 15) is 9.90 Å². The van der Waals surface area contributed by atoms with Crippen molar-refractivity contribution in [2.45, 2.75) is 0 Å². The monoisotopic (exact) mass is 272 g/mol. The van der Waals surface area contributed by atoms with Gasteiger partial charge in [0.1, 0.15) is 5.65 Å². The molecule has 0 aliphatic heterocycles. The number of aromatic hydroxyl groups is 1. The van der Waals surface area contributed by atoms with Gasteiger partial charge in [0.05, 0.1) is 24.4 Å². The Labute approximate surface area is 114 Å². The Hall–Kier alpha value is -2.83. The van der Waals surface area contributed by atoms with E-state index in [1.807, 2.05) is 0 Å². The van der Waals surface area contributed by atoms with Crippen molar-refractivity contribution in [3.63, 3.8) is 0 Å². The number of methoxy groups -OCH3 is 1. The number of ether oxygens (including phenoxy) is 1. The molecule has 0 saturated carbocycles. The van der Waals surface area contributed by atoms with Crippen molar-refractivity contribution in [3.05, 3.63) is 36.4 Å². The van der Waals surface area contributed by atoms with Crippen LogP contribution in [0.5, 0.6) is 5.88 Å². The summed E-state index contributed by atoms with van der Waals surface area (Å²) in [5.41, 5.74) is 2.12. The number of imidazole rings is 1. The molecule has 3 heterocycles. The minimum Gasteiger partial charge on any atom is -0.493 e. The number of pyridine rings is 1. The highest BCUT2D eigenvalue weighted by Crippen LogP contribution is 2.31. The Morgan fingerprint density at radius 2 is 2.20 bits per heavy atom. The summed E-state index contributed by atoms with van der Waals surface area (Å²) in [6, 6.07) is 1.63. The predicted molar refractivity (Wildman–Crippen MR) is 70.4 cm³/mol. The van der Waals surface area contributed by atoms with Crippen LogP contribution in [-0.2, 0) is 11.8 Å². The fourth-order valence-electron chi connectivity index (χ4n) is 2.08. The molecule has 0 saturated heterocycles. The van der Waals surface area contributed by atoms with Crippen LogP contribution in [0, 0.1) is 0 Å². The van der Waals surface area contributed by atoms with Crippen molar-refractivity contribution in [2.24, 2.45) is 7.05 Å². The van der Waals surface area contributed by atoms with Gasteiger partial charge in [-0.15, -0.1) is 0 Å². The number of hydrogen-bond donors (Lipinski definition) is 1. The van der Waals surface area contributed by atoms with E-state index in [2.05, 4.69) is 10.1 Å². The lowest BCUT2D eigenvalue weighted by Crippen LogP contribution is -2.03. The zero-order valence-corrected chi connectivity index (χ0v) is 10.9. The molecular formula is C13H12N4O3. The highest BCUT2D eigenvalue weighted by molar-refractivity contribution is 5.93. The molecule has 102 valence electrons. The minimum atomic E-state index is -0.453. The average molecular weight is 272 g/mol. The molecular weight excluding hydrogens is 260 g/mol. The molecule has 0 amide bonds. The highest BCUT2D eigenvalue weighted by Gasteiger charge is 2.17. The summed E-state index contributed by atoms with van der Waals surface area (Å²) in [7, 11) is 2.95. The van der Waals surface area contributed by atoms with Crippen molar-refractivity contribution in [1.29, 1.82) is 0 Å². The molecule has 20 heavy (non-hydrogen) atoms. The molecule has 0 aliphatic carbocycles. The SMILES string of the molecule is COC(=O)c1cc(-c2cnn(C)c2O)c2nccn2c1. The second-order valence-corrected chi connectivity index (χ2v) is 4.30. The Balaban J connectivity index is 2.30. The first-order chi connectivity index (χ1) is 9.61. The van der Waals surface area contributed by atoms with E-state index in [-0.39, 0.29) is 5.88 Å². The van der Waals surface area contributed by atoms with Gasteiger partial charge in [-0.05, 0) is 6.07 Å². The van der Waals surface area contributed by atoms with Crippen LogP contribution in [-0.4, -0.2) is 37.4 Å². The Morgan fingerprint density at radius 3 is 2.85 bits per heavy atom. The van der Waals surface area contributed by atoms with Crippen molar-refractivity contribution >= 4 is 11.6 Å². The quantitative estimate of drug-likeness (QED) is 0.709. The fraction of sp³-hybridized carbons (Fsp3) is 0.154. The zero-order chi connectivity index (χ0) is 14.3. The third-order valence-corrected chi connectivity index (χ3v) is 3.11. The Bertz CT molecular complexity index is 803. The maximum absolute atomic E-state index is 11.7. The molecule has 0 spiro atoms. The van der Waals surface area contributed by atoms with Crippen molar-refractivity contribution in [3.8, 4) is 17.0 Å². The lowest BCUT2D eigenvalue weighted by atomic mass is 10.1. The van der Waals surface area contributed by atoms with E-state index in [1.54, 1.807) is 36.1 Å². The number of nitrogens with zero attached hydrogens (tertiary/aromatic N) is 4. The Kier molecular flexibility index (Phi) is 2.67. The number of carbonyl (C=O) groups excluding carboxylic acids is 1. The van der Waals surface area contributed by atoms with E-state index in [1.165, 1.54) is 18.0 Å². The van der Waals surface area contributed by atoms with E-state index >= 15 is 0 Å². The average Bonchev–Trinajstić information content (AvgIpc) is 3.05. The van der Waals surface area contributed by atoms with Crippen LogP contribution in [0.3, 0.4) is 0 Å². The first-order valence-electron chi connectivity index (χ1n) is 5.88. The van der Waals surface area contributed by atoms with Crippen LogP contribution >= 0.6 is 0 Å². The number of rotatable bonds is 2. The standard InChI is InChI=1S/C13H12N4O3/c1-16-12(18)10(6-15-16)9-5-8(13(19)20-2)7-17-4-3-14-11(9)17/h3-7,18H,1-2H3. The third-order valence-electron chi connectivity index (χ3n) is 3.11. The molecule has 0 radical (unpaired) electrons. The van der Waals surface area contributed by atoms with Crippen LogP contribution in [0.15, 0.2) is 30.9 Å². The molecule has 0 fully saturated rings. The smallest absolute Gasteiger partial charge is 0.339 e. The molecule has 3 aromatic heterocycles. The number of aryl methyl sites for hydroxylation is 1. The van der Waals surface area contributed by atoms with Crippen molar-refractivity contribution < 1.29 is 14.6 Å². The fourth-order valence-corrected chi connectivity index (χ4v) is 2.08. The van der Waals surface area contributed by atoms with E-state index in [4.69, 9.17) is 4.74 Å². The summed E-state index contributed by atoms with van der Waals surface area (Å²) in [6.07, 6.45) is 6.50. The largest absolute Gasteiger partial charge is 0.493 e. The summed E-state index contributed by atoms with van der Waals surface area (Å²) >= 11 is 0. The normalized spacial score (nSPS) is 10.9. The minimum absolute atomic E-state index is 0.0110. The molecule has 7 heteroatoms. The first kappa shape index (κ1) is 12.2. The lowest BCUT2D eigenvalue weighted by molar-refractivity contribution is 0.0600. The molecule has 7 nitrogen and oxygen atoms in total. The zero-order valence-electron chi connectivity index (χ0n) is 10.9. The molecule has 0 aromatic carbocycles. The molecule has 0 unspecified atom stereocenters. The molecule has 3 aromatic rings. The second kappa shape index (κ2) is 4.37. The van der Waals surface area contributed by atoms with Gasteiger partial charge in [-0.25, -0.2) is 14.5 Å². The van der Waals surface area contributed by atoms with Crippen LogP contribution in [0.25, 0.3) is 16.8 Å². The summed E-state index contributed by atoms with van der Waals surface area (Å²) < 4.78 is 7.78. The predicted octanol–water partition coefficient (Wildman–Crippen LogP) is 1.23. The molecule has 1 N–H and O–H groups in total. The van der Waals surface area contributed by atoms with Gasteiger partial charge < -0.3 is 14.2 Å². The third kappa shape index (κ3) is 1.71. The maximum atomic E-state index is 11.7. The number of esters is 1. The van der Waals surface area contributed by atoms with E-state index in [0.29, 0.717) is 22.3 Å². The van der Waals surface area contributed by atoms with E-state index < -0.39 is 5.97 Å². The lowest BCUT2D eigenvalue weighted by Gasteiger charge is -2.06. The summed E-state index contributed by atoms with van der Waals surface area (Å²) in [5, 5.41) is 14.0. The number of hydrogen-bond acceptors (Lipinski definition) is 5.